The van der Waals surface area contributed by atoms with E-state index in [-0.39, 0.29) is 10.8 Å². The molecule has 0 spiro atoms. The molecule has 1 aromatic rings. The molecular formula is C15H21N3O4S. The van der Waals surface area contributed by atoms with Crippen molar-refractivity contribution < 1.29 is 18.0 Å². The average Bonchev–Trinajstić information content (AvgIpc) is 2.73. The first kappa shape index (κ1) is 17.3. The van der Waals surface area contributed by atoms with Crippen molar-refractivity contribution in [2.24, 2.45) is 0 Å². The Hall–Kier alpha value is -2.09. The summed E-state index contributed by atoms with van der Waals surface area (Å²) < 4.78 is 26.6. The Balaban J connectivity index is 2.03. The molecule has 1 aliphatic heterocycles. The zero-order valence-corrected chi connectivity index (χ0v) is 14.1. The quantitative estimate of drug-likeness (QED) is 0.869. The van der Waals surface area contributed by atoms with Gasteiger partial charge in [-0.1, -0.05) is 17.7 Å². The van der Waals surface area contributed by atoms with Crippen LogP contribution in [-0.4, -0.2) is 56.3 Å². The van der Waals surface area contributed by atoms with Crippen molar-refractivity contribution in [3.05, 3.63) is 29.8 Å². The smallest absolute Gasteiger partial charge is 0.331 e. The van der Waals surface area contributed by atoms with Crippen LogP contribution in [0.5, 0.6) is 0 Å². The summed E-state index contributed by atoms with van der Waals surface area (Å²) in [4.78, 5) is 26.7. The number of hydrogen-bond donors (Lipinski definition) is 1. The lowest BCUT2D eigenvalue weighted by atomic mass is 10.2. The lowest BCUT2D eigenvalue weighted by Crippen LogP contribution is -2.44. The second-order valence-electron chi connectivity index (χ2n) is 5.57. The molecule has 1 fully saturated rings. The van der Waals surface area contributed by atoms with Crippen molar-refractivity contribution in [2.75, 3.05) is 26.2 Å². The van der Waals surface area contributed by atoms with Crippen LogP contribution in [0.15, 0.2) is 29.2 Å². The van der Waals surface area contributed by atoms with Crippen LogP contribution < -0.4 is 4.72 Å². The van der Waals surface area contributed by atoms with Crippen LogP contribution in [0.4, 0.5) is 4.79 Å². The predicted octanol–water partition coefficient (Wildman–Crippen LogP) is 0.948. The van der Waals surface area contributed by atoms with E-state index in [9.17, 15) is 18.0 Å². The molecule has 1 aromatic carbocycles. The number of aryl methyl sites for hydroxylation is 1. The van der Waals surface area contributed by atoms with E-state index >= 15 is 0 Å². The van der Waals surface area contributed by atoms with Crippen LogP contribution in [0.2, 0.25) is 0 Å². The second kappa shape index (κ2) is 6.99. The molecule has 1 saturated heterocycles. The maximum absolute atomic E-state index is 12.2. The highest BCUT2D eigenvalue weighted by Crippen LogP contribution is 2.11. The molecule has 8 heteroatoms. The Bertz CT molecular complexity index is 685. The van der Waals surface area contributed by atoms with Gasteiger partial charge >= 0.3 is 6.03 Å². The zero-order chi connectivity index (χ0) is 17.0. The van der Waals surface area contributed by atoms with Gasteiger partial charge in [0, 0.05) is 33.1 Å². The summed E-state index contributed by atoms with van der Waals surface area (Å²) in [7, 11) is -3.89. The fraction of sp³-hybridized carbons (Fsp3) is 0.467. The fourth-order valence-corrected chi connectivity index (χ4v) is 3.36. The maximum Gasteiger partial charge on any atom is 0.331 e. The van der Waals surface area contributed by atoms with Crippen LogP contribution in [0.1, 0.15) is 18.9 Å². The van der Waals surface area contributed by atoms with Gasteiger partial charge in [-0.25, -0.2) is 17.9 Å². The lowest BCUT2D eigenvalue weighted by Gasteiger charge is -2.21. The molecular weight excluding hydrogens is 318 g/mol. The van der Waals surface area contributed by atoms with Crippen molar-refractivity contribution >= 4 is 22.0 Å². The minimum absolute atomic E-state index is 0.0421. The van der Waals surface area contributed by atoms with E-state index in [1.165, 1.54) is 24.0 Å². The molecule has 0 aromatic heterocycles. The Morgan fingerprint density at radius 2 is 1.57 bits per heavy atom. The molecule has 0 radical (unpaired) electrons. The van der Waals surface area contributed by atoms with Gasteiger partial charge in [-0.3, -0.25) is 4.79 Å². The van der Waals surface area contributed by atoms with Crippen molar-refractivity contribution in [3.63, 3.8) is 0 Å². The minimum Gasteiger partial charge on any atom is -0.341 e. The third kappa shape index (κ3) is 4.44. The van der Waals surface area contributed by atoms with E-state index in [0.717, 1.165) is 5.56 Å². The third-order valence-electron chi connectivity index (χ3n) is 3.78. The van der Waals surface area contributed by atoms with Crippen molar-refractivity contribution in [1.29, 1.82) is 0 Å². The van der Waals surface area contributed by atoms with E-state index in [4.69, 9.17) is 0 Å². The first-order valence-electron chi connectivity index (χ1n) is 7.43. The normalized spacial score (nSPS) is 15.9. The predicted molar refractivity (Wildman–Crippen MR) is 85.3 cm³/mol. The van der Waals surface area contributed by atoms with Gasteiger partial charge in [0.1, 0.15) is 0 Å². The van der Waals surface area contributed by atoms with Gasteiger partial charge in [-0.05, 0) is 25.5 Å². The van der Waals surface area contributed by atoms with Crippen LogP contribution in [0, 0.1) is 6.92 Å². The third-order valence-corrected chi connectivity index (χ3v) is 5.12. The molecule has 0 aliphatic carbocycles. The molecule has 7 nitrogen and oxygen atoms in total. The molecule has 3 amide bonds. The number of carbonyl (C=O) groups is 2. The number of carbonyl (C=O) groups excluding carboxylic acids is 2. The standard InChI is InChI=1S/C15H21N3O4S/c1-12-4-6-14(7-5-12)23(21,22)16-15(20)18-9-3-8-17(10-11-18)13(2)19/h4-7H,3,8-11H2,1-2H3,(H,16,20). The lowest BCUT2D eigenvalue weighted by molar-refractivity contribution is -0.128. The first-order valence-corrected chi connectivity index (χ1v) is 8.92. The molecule has 0 saturated carbocycles. The van der Waals surface area contributed by atoms with E-state index in [1.807, 2.05) is 6.92 Å². The molecule has 0 atom stereocenters. The Morgan fingerprint density at radius 1 is 1.00 bits per heavy atom. The second-order valence-corrected chi connectivity index (χ2v) is 7.25. The van der Waals surface area contributed by atoms with Crippen LogP contribution in [-0.2, 0) is 14.8 Å². The van der Waals surface area contributed by atoms with Gasteiger partial charge in [-0.2, -0.15) is 0 Å². The van der Waals surface area contributed by atoms with Crippen LogP contribution in [0.25, 0.3) is 0 Å². The molecule has 23 heavy (non-hydrogen) atoms. The summed E-state index contributed by atoms with van der Waals surface area (Å²) in [6.45, 7) is 5.05. The Labute approximate surface area is 136 Å². The summed E-state index contributed by atoms with van der Waals surface area (Å²) in [5.41, 5.74) is 0.937. The van der Waals surface area contributed by atoms with Crippen LogP contribution in [0.3, 0.4) is 0 Å². The number of rotatable bonds is 2. The molecule has 1 aliphatic rings. The molecule has 0 bridgehead atoms. The van der Waals surface area contributed by atoms with E-state index in [2.05, 4.69) is 4.72 Å². The SMILES string of the molecule is CC(=O)N1CCCN(C(=O)NS(=O)(=O)c2ccc(C)cc2)CC1. The van der Waals surface area contributed by atoms with Crippen LogP contribution >= 0.6 is 0 Å². The minimum atomic E-state index is -3.89. The highest BCUT2D eigenvalue weighted by Gasteiger charge is 2.24. The van der Waals surface area contributed by atoms with E-state index in [0.29, 0.717) is 32.6 Å². The number of nitrogens with one attached hydrogen (secondary N) is 1. The molecule has 1 N–H and O–H groups in total. The Morgan fingerprint density at radius 3 is 2.17 bits per heavy atom. The zero-order valence-electron chi connectivity index (χ0n) is 13.3. The van der Waals surface area contributed by atoms with E-state index < -0.39 is 16.1 Å². The average molecular weight is 339 g/mol. The summed E-state index contributed by atoms with van der Waals surface area (Å²) in [6.07, 6.45) is 0.623. The van der Waals surface area contributed by atoms with Crippen molar-refractivity contribution in [2.45, 2.75) is 25.2 Å². The molecule has 2 rings (SSSR count). The first-order chi connectivity index (χ1) is 10.8. The fourth-order valence-electron chi connectivity index (χ4n) is 2.39. The number of sulfonamides is 1. The topological polar surface area (TPSA) is 86.8 Å². The monoisotopic (exact) mass is 339 g/mol. The summed E-state index contributed by atoms with van der Waals surface area (Å²) in [5.74, 6) is -0.0421. The largest absolute Gasteiger partial charge is 0.341 e. The number of benzene rings is 1. The number of nitrogens with zero attached hydrogens (tertiary/aromatic N) is 2. The van der Waals surface area contributed by atoms with Gasteiger partial charge in [0.05, 0.1) is 4.90 Å². The number of urea groups is 1. The van der Waals surface area contributed by atoms with Gasteiger partial charge in [0.25, 0.3) is 10.0 Å². The maximum atomic E-state index is 12.2. The van der Waals surface area contributed by atoms with Gasteiger partial charge in [0.2, 0.25) is 5.91 Å². The van der Waals surface area contributed by atoms with E-state index in [1.54, 1.807) is 17.0 Å². The molecule has 1 heterocycles. The number of hydrogen-bond acceptors (Lipinski definition) is 4. The van der Waals surface area contributed by atoms with Gasteiger partial charge < -0.3 is 9.80 Å². The highest BCUT2D eigenvalue weighted by atomic mass is 32.2. The summed E-state index contributed by atoms with van der Waals surface area (Å²) in [5, 5.41) is 0. The van der Waals surface area contributed by atoms with Crippen molar-refractivity contribution in [1.82, 2.24) is 14.5 Å². The summed E-state index contributed by atoms with van der Waals surface area (Å²) in [6, 6.07) is 5.62. The van der Waals surface area contributed by atoms with Gasteiger partial charge in [-0.15, -0.1) is 0 Å². The van der Waals surface area contributed by atoms with Crippen molar-refractivity contribution in [3.8, 4) is 0 Å². The summed E-state index contributed by atoms with van der Waals surface area (Å²) >= 11 is 0. The highest BCUT2D eigenvalue weighted by molar-refractivity contribution is 7.90. The molecule has 126 valence electrons. The van der Waals surface area contributed by atoms with Gasteiger partial charge in [0.15, 0.2) is 0 Å². The Kier molecular flexibility index (Phi) is 5.25. The number of amides is 3. The molecule has 0 unspecified atom stereocenters.